The van der Waals surface area contributed by atoms with E-state index in [1.54, 1.807) is 0 Å². The Labute approximate surface area is 49.4 Å². The second-order valence-electron chi connectivity index (χ2n) is 0.0833. The average molecular weight is 279 g/mol. The van der Waals surface area contributed by atoms with Crippen molar-refractivity contribution >= 4 is 12.4 Å². The smallest absolute Gasteiger partial charge is 0.00366 e. The minimum atomic E-state index is 0. The van der Waals surface area contributed by atoms with Gasteiger partial charge < -0.3 is 0 Å². The average Bonchev–Trinajstić information content (AvgIpc) is 0.918. The molecule has 0 saturated heterocycles. The molecular weight excluding hydrogens is 277 g/mol. The Balaban J connectivity index is -0.0000000200. The molecular formula is H2ClNO2Pt. The Hall–Kier alpha value is 0.378. The van der Waals surface area contributed by atoms with Crippen molar-refractivity contribution in [3.05, 3.63) is 10.1 Å². The Bertz CT molecular complexity index is 17.1. The zero-order valence-electron chi connectivity index (χ0n) is 2.04. The summed E-state index contributed by atoms with van der Waals surface area (Å²) in [6.45, 7) is 0. The molecule has 0 spiro atoms. The first-order chi connectivity index (χ1) is 1.41. The summed E-state index contributed by atoms with van der Waals surface area (Å²) in [5, 5.41) is 8.38. The van der Waals surface area contributed by atoms with E-state index in [1.165, 1.54) is 0 Å². The maximum absolute atomic E-state index is 8.12. The van der Waals surface area contributed by atoms with Crippen LogP contribution >= 0.6 is 12.4 Å². The molecule has 0 aromatic rings. The Morgan fingerprint density at radius 2 is 1.60 bits per heavy atom. The molecule has 0 radical (unpaired) electrons. The molecule has 0 aromatic heterocycles. The third-order valence-electron chi connectivity index (χ3n) is 0. The van der Waals surface area contributed by atoms with E-state index in [-0.39, 0.29) is 38.8 Å². The van der Waals surface area contributed by atoms with E-state index in [2.05, 4.69) is 0 Å². The van der Waals surface area contributed by atoms with Crippen molar-refractivity contribution in [2.24, 2.45) is 0 Å². The number of hydrogen-bond acceptors (Lipinski definition) is 2. The summed E-state index contributed by atoms with van der Waals surface area (Å²) >= 11 is 0. The van der Waals surface area contributed by atoms with Gasteiger partial charge in [-0.15, -0.1) is 12.4 Å². The third-order valence-corrected chi connectivity index (χ3v) is 0. The standard InChI is InChI=1S/ClH.HNO2.Pt/c;2-1-3;/h1H;1H;. The molecule has 0 saturated carbocycles. The largest absolute Gasteiger partial charge is 0.267 e. The van der Waals surface area contributed by atoms with Gasteiger partial charge in [-0.1, -0.05) is 0 Å². The van der Waals surface area contributed by atoms with Gasteiger partial charge in [-0.2, -0.15) is 0 Å². The van der Waals surface area contributed by atoms with Crippen molar-refractivity contribution in [3.63, 3.8) is 0 Å². The van der Waals surface area contributed by atoms with E-state index in [9.17, 15) is 0 Å². The van der Waals surface area contributed by atoms with Crippen molar-refractivity contribution < 1.29 is 26.4 Å². The number of rotatable bonds is 0. The molecule has 3 nitrogen and oxygen atoms in total. The normalized spacial score (nSPS) is 2.40. The SMILES string of the molecule is Cl.O=[NH+][O-].[Pt]. The molecule has 5 heavy (non-hydrogen) atoms. The van der Waals surface area contributed by atoms with Gasteiger partial charge in [0, 0.05) is 26.4 Å². The molecule has 0 aliphatic carbocycles. The van der Waals surface area contributed by atoms with Crippen molar-refractivity contribution in [1.29, 1.82) is 0 Å². The topological polar surface area (TPSA) is 54.1 Å². The maximum atomic E-state index is 8.12. The van der Waals surface area contributed by atoms with E-state index >= 15 is 0 Å². The zero-order valence-corrected chi connectivity index (χ0v) is 5.13. The van der Waals surface area contributed by atoms with Gasteiger partial charge in [0.2, 0.25) is 0 Å². The summed E-state index contributed by atoms with van der Waals surface area (Å²) in [5.74, 6) is 0. The molecule has 0 fully saturated rings. The molecule has 1 N–H and O–H groups in total. The van der Waals surface area contributed by atoms with Crippen molar-refractivity contribution in [1.82, 2.24) is 0 Å². The van der Waals surface area contributed by atoms with Gasteiger partial charge in [0.1, 0.15) is 0 Å². The van der Waals surface area contributed by atoms with E-state index in [0.717, 1.165) is 0 Å². The molecule has 0 unspecified atom stereocenters. The van der Waals surface area contributed by atoms with E-state index in [0.29, 0.717) is 0 Å². The van der Waals surface area contributed by atoms with Crippen molar-refractivity contribution in [3.8, 4) is 0 Å². The maximum Gasteiger partial charge on any atom is 0.00366 e. The predicted molar refractivity (Wildman–Crippen MR) is 14.9 cm³/mol. The molecule has 0 atom stereocenters. The fourth-order valence-electron chi connectivity index (χ4n) is 0. The van der Waals surface area contributed by atoms with Crippen LogP contribution in [0.1, 0.15) is 0 Å². The van der Waals surface area contributed by atoms with Gasteiger partial charge >= 0.3 is 0 Å². The minimum absolute atomic E-state index is 0. The number of nitrogens with one attached hydrogen (secondary N) is 1. The third kappa shape index (κ3) is 173. The van der Waals surface area contributed by atoms with Crippen LogP contribution in [0.15, 0.2) is 0 Å². The predicted octanol–water partition coefficient (Wildman–Crippen LogP) is -1.25. The van der Waals surface area contributed by atoms with Crippen LogP contribution < -0.4 is 5.34 Å². The number of hydrogen-bond donors (Lipinski definition) is 1. The van der Waals surface area contributed by atoms with Crippen LogP contribution in [0, 0.1) is 10.1 Å². The quantitative estimate of drug-likeness (QED) is 0.445. The van der Waals surface area contributed by atoms with Gasteiger partial charge in [-0.05, 0) is 0 Å². The first kappa shape index (κ1) is 18.2. The first-order valence-electron chi connectivity index (χ1n) is 0.408. The molecule has 0 rings (SSSR count). The number of halogens is 1. The van der Waals surface area contributed by atoms with Crippen LogP contribution in [0.2, 0.25) is 0 Å². The molecule has 36 valence electrons. The second kappa shape index (κ2) is 26.3. The van der Waals surface area contributed by atoms with Gasteiger partial charge in [0.25, 0.3) is 0 Å². The zero-order chi connectivity index (χ0) is 2.71. The second-order valence-corrected chi connectivity index (χ2v) is 0.0833. The van der Waals surface area contributed by atoms with Gasteiger partial charge in [0.15, 0.2) is 0 Å². The summed E-state index contributed by atoms with van der Waals surface area (Å²) < 4.78 is 0. The van der Waals surface area contributed by atoms with Crippen LogP contribution in [-0.4, -0.2) is 0 Å². The van der Waals surface area contributed by atoms with Crippen LogP contribution in [0.5, 0.6) is 0 Å². The van der Waals surface area contributed by atoms with Crippen LogP contribution in [0.25, 0.3) is 0 Å². The monoisotopic (exact) mass is 278 g/mol. The Morgan fingerprint density at radius 1 is 1.60 bits per heavy atom. The van der Waals surface area contributed by atoms with Gasteiger partial charge in [0.05, 0.1) is 0 Å². The fourth-order valence-corrected chi connectivity index (χ4v) is 0. The molecule has 0 aliphatic rings. The fraction of sp³-hybridized carbons (Fsp3) is 0. The molecule has 0 aromatic carbocycles. The van der Waals surface area contributed by atoms with Crippen molar-refractivity contribution in [2.75, 3.05) is 0 Å². The first-order valence-corrected chi connectivity index (χ1v) is 0.408. The van der Waals surface area contributed by atoms with Crippen LogP contribution in [-0.2, 0) is 21.1 Å². The molecule has 0 amide bonds. The Kier molecular flexibility index (Phi) is 95.9. The van der Waals surface area contributed by atoms with E-state index in [4.69, 9.17) is 10.1 Å². The van der Waals surface area contributed by atoms with Crippen LogP contribution in [0.3, 0.4) is 0 Å². The molecule has 0 aliphatic heterocycles. The van der Waals surface area contributed by atoms with E-state index in [1.807, 2.05) is 0 Å². The summed E-state index contributed by atoms with van der Waals surface area (Å²) in [6.07, 6.45) is 0. The Morgan fingerprint density at radius 3 is 1.60 bits per heavy atom. The van der Waals surface area contributed by atoms with Gasteiger partial charge in [-0.25, -0.2) is 0 Å². The van der Waals surface area contributed by atoms with Crippen LogP contribution in [0.4, 0.5) is 0 Å². The summed E-state index contributed by atoms with van der Waals surface area (Å²) in [6, 6.07) is 0. The molecule has 0 bridgehead atoms. The summed E-state index contributed by atoms with van der Waals surface area (Å²) in [7, 11) is 0. The van der Waals surface area contributed by atoms with Gasteiger partial charge in [-0.3, -0.25) is 10.1 Å². The van der Waals surface area contributed by atoms with E-state index < -0.39 is 0 Å². The molecule has 5 heteroatoms. The summed E-state index contributed by atoms with van der Waals surface area (Å²) in [4.78, 5) is 8.12. The minimum Gasteiger partial charge on any atom is -0.267 e. The van der Waals surface area contributed by atoms with Crippen molar-refractivity contribution in [2.45, 2.75) is 0 Å². The molecule has 0 heterocycles. The summed E-state index contributed by atoms with van der Waals surface area (Å²) in [5.41, 5.74) is 0.